The summed E-state index contributed by atoms with van der Waals surface area (Å²) in [6.07, 6.45) is -4.16. The first kappa shape index (κ1) is 14.2. The highest BCUT2D eigenvalue weighted by atomic mass is 19.4. The molecule has 0 spiro atoms. The molecule has 1 aliphatic rings. The molecule has 0 aromatic rings. The van der Waals surface area contributed by atoms with E-state index >= 15 is 0 Å². The van der Waals surface area contributed by atoms with Crippen LogP contribution in [-0.4, -0.2) is 48.3 Å². The van der Waals surface area contributed by atoms with Crippen molar-refractivity contribution in [3.63, 3.8) is 0 Å². The summed E-state index contributed by atoms with van der Waals surface area (Å²) in [4.78, 5) is 12.8. The average Bonchev–Trinajstić information content (AvgIpc) is 2.60. The minimum atomic E-state index is -4.42. The van der Waals surface area contributed by atoms with Gasteiger partial charge in [-0.25, -0.2) is 0 Å². The maximum Gasteiger partial charge on any atom is 0.406 e. The quantitative estimate of drug-likeness (QED) is 0.814. The van der Waals surface area contributed by atoms with Crippen molar-refractivity contribution in [3.8, 4) is 0 Å². The number of alkyl halides is 3. The minimum Gasteiger partial charge on any atom is -0.379 e. The molecule has 0 bridgehead atoms. The monoisotopic (exact) mass is 254 g/mol. The van der Waals surface area contributed by atoms with E-state index in [0.29, 0.717) is 6.61 Å². The Bertz CT molecular complexity index is 286. The lowest BCUT2D eigenvalue weighted by Gasteiger charge is -2.33. The second kappa shape index (κ2) is 4.81. The number of carbonyl (C=O) groups excluding carboxylic acids is 1. The highest BCUT2D eigenvalue weighted by Crippen LogP contribution is 2.24. The maximum atomic E-state index is 12.4. The van der Waals surface area contributed by atoms with E-state index in [1.54, 1.807) is 0 Å². The summed E-state index contributed by atoms with van der Waals surface area (Å²) in [6, 6.07) is -0.551. The number of hydrogen-bond acceptors (Lipinski definition) is 3. The van der Waals surface area contributed by atoms with Crippen LogP contribution in [0.4, 0.5) is 13.2 Å². The molecule has 1 rings (SSSR count). The first-order chi connectivity index (χ1) is 7.66. The van der Waals surface area contributed by atoms with Crippen molar-refractivity contribution in [1.29, 1.82) is 0 Å². The molecule has 0 aromatic heterocycles. The summed E-state index contributed by atoms with van der Waals surface area (Å²) in [6.45, 7) is 2.07. The van der Waals surface area contributed by atoms with E-state index < -0.39 is 30.2 Å². The molecule has 0 saturated carbocycles. The lowest BCUT2D eigenvalue weighted by molar-refractivity contribution is -0.168. The second-order valence-electron chi connectivity index (χ2n) is 4.60. The van der Waals surface area contributed by atoms with Crippen LogP contribution in [0.2, 0.25) is 0 Å². The van der Waals surface area contributed by atoms with E-state index in [4.69, 9.17) is 10.5 Å². The zero-order valence-corrected chi connectivity index (χ0v) is 9.88. The molecule has 2 N–H and O–H groups in total. The van der Waals surface area contributed by atoms with Gasteiger partial charge in [-0.15, -0.1) is 0 Å². The number of hydrogen-bond donors (Lipinski definition) is 1. The van der Waals surface area contributed by atoms with E-state index in [-0.39, 0.29) is 13.0 Å². The number of nitrogens with two attached hydrogens (primary N) is 1. The van der Waals surface area contributed by atoms with Gasteiger partial charge >= 0.3 is 6.18 Å². The third-order valence-corrected chi connectivity index (χ3v) is 2.71. The van der Waals surface area contributed by atoms with Gasteiger partial charge in [0.25, 0.3) is 0 Å². The van der Waals surface area contributed by atoms with Gasteiger partial charge in [-0.1, -0.05) is 0 Å². The maximum absolute atomic E-state index is 12.4. The van der Waals surface area contributed by atoms with E-state index in [1.165, 1.54) is 13.8 Å². The standard InChI is InChI=1S/C10H17F3N2O2/c1-7(2)15(5-10(11,12)13)8(16)9(14)3-4-17-6-9/h7H,3-6,14H2,1-2H3. The molecule has 0 aromatic carbocycles. The molecule has 1 aliphatic heterocycles. The molecule has 7 heteroatoms. The Morgan fingerprint density at radius 1 is 1.53 bits per heavy atom. The van der Waals surface area contributed by atoms with Crippen molar-refractivity contribution in [2.45, 2.75) is 38.0 Å². The number of nitrogens with zero attached hydrogens (tertiary/aromatic N) is 1. The van der Waals surface area contributed by atoms with E-state index in [1.807, 2.05) is 0 Å². The zero-order chi connectivity index (χ0) is 13.3. The van der Waals surface area contributed by atoms with Gasteiger partial charge in [0.1, 0.15) is 12.1 Å². The third-order valence-electron chi connectivity index (χ3n) is 2.71. The van der Waals surface area contributed by atoms with Gasteiger partial charge in [0, 0.05) is 12.6 Å². The van der Waals surface area contributed by atoms with Crippen molar-refractivity contribution in [1.82, 2.24) is 4.90 Å². The summed E-state index contributed by atoms with van der Waals surface area (Å²) in [5, 5.41) is 0. The van der Waals surface area contributed by atoms with Crippen molar-refractivity contribution in [2.24, 2.45) is 5.73 Å². The Morgan fingerprint density at radius 2 is 2.12 bits per heavy atom. The van der Waals surface area contributed by atoms with Crippen LogP contribution in [0, 0.1) is 0 Å². The summed E-state index contributed by atoms with van der Waals surface area (Å²) >= 11 is 0. The van der Waals surface area contributed by atoms with Crippen LogP contribution in [-0.2, 0) is 9.53 Å². The molecule has 100 valence electrons. The van der Waals surface area contributed by atoms with E-state index in [2.05, 4.69) is 0 Å². The zero-order valence-electron chi connectivity index (χ0n) is 9.88. The molecule has 1 amide bonds. The van der Waals surface area contributed by atoms with Gasteiger partial charge in [0.15, 0.2) is 0 Å². The number of amides is 1. The van der Waals surface area contributed by atoms with Crippen LogP contribution in [0.1, 0.15) is 20.3 Å². The summed E-state index contributed by atoms with van der Waals surface area (Å²) in [7, 11) is 0. The Kier molecular flexibility index (Phi) is 4.03. The topological polar surface area (TPSA) is 55.6 Å². The highest BCUT2D eigenvalue weighted by molar-refractivity contribution is 5.87. The summed E-state index contributed by atoms with van der Waals surface area (Å²) in [5.41, 5.74) is 4.47. The van der Waals surface area contributed by atoms with E-state index in [0.717, 1.165) is 4.90 Å². The third kappa shape index (κ3) is 3.57. The van der Waals surface area contributed by atoms with Gasteiger partial charge in [0.2, 0.25) is 5.91 Å². The molecular formula is C10H17F3N2O2. The van der Waals surface area contributed by atoms with Crippen LogP contribution in [0.3, 0.4) is 0 Å². The van der Waals surface area contributed by atoms with Crippen molar-refractivity contribution >= 4 is 5.91 Å². The van der Waals surface area contributed by atoms with E-state index in [9.17, 15) is 18.0 Å². The molecule has 1 saturated heterocycles. The van der Waals surface area contributed by atoms with Crippen LogP contribution in [0.15, 0.2) is 0 Å². The summed E-state index contributed by atoms with van der Waals surface area (Å²) in [5.74, 6) is -0.692. The second-order valence-corrected chi connectivity index (χ2v) is 4.60. The van der Waals surface area contributed by atoms with Gasteiger partial charge in [-0.3, -0.25) is 4.79 Å². The van der Waals surface area contributed by atoms with Gasteiger partial charge < -0.3 is 15.4 Å². The lowest BCUT2D eigenvalue weighted by Crippen LogP contribution is -2.59. The number of halogens is 3. The van der Waals surface area contributed by atoms with Crippen molar-refractivity contribution in [2.75, 3.05) is 19.8 Å². The molecule has 1 fully saturated rings. The van der Waals surface area contributed by atoms with Crippen molar-refractivity contribution in [3.05, 3.63) is 0 Å². The molecule has 4 nitrogen and oxygen atoms in total. The Labute approximate surface area is 97.9 Å². The minimum absolute atomic E-state index is 0.0209. The van der Waals surface area contributed by atoms with Gasteiger partial charge in [-0.2, -0.15) is 13.2 Å². The molecular weight excluding hydrogens is 237 g/mol. The fourth-order valence-corrected chi connectivity index (χ4v) is 1.72. The van der Waals surface area contributed by atoms with Crippen molar-refractivity contribution < 1.29 is 22.7 Å². The molecule has 1 atom stereocenters. The average molecular weight is 254 g/mol. The first-order valence-corrected chi connectivity index (χ1v) is 5.40. The molecule has 0 aliphatic carbocycles. The van der Waals surface area contributed by atoms with Crippen LogP contribution in [0.25, 0.3) is 0 Å². The Morgan fingerprint density at radius 3 is 2.47 bits per heavy atom. The molecule has 0 radical (unpaired) electrons. The first-order valence-electron chi connectivity index (χ1n) is 5.40. The highest BCUT2D eigenvalue weighted by Gasteiger charge is 2.44. The smallest absolute Gasteiger partial charge is 0.379 e. The van der Waals surface area contributed by atoms with Crippen LogP contribution >= 0.6 is 0 Å². The fourth-order valence-electron chi connectivity index (χ4n) is 1.72. The van der Waals surface area contributed by atoms with Gasteiger partial charge in [0.05, 0.1) is 6.61 Å². The lowest BCUT2D eigenvalue weighted by atomic mass is 9.97. The predicted molar refractivity (Wildman–Crippen MR) is 55.3 cm³/mol. The normalized spacial score (nSPS) is 25.4. The largest absolute Gasteiger partial charge is 0.406 e. The number of rotatable bonds is 3. The predicted octanol–water partition coefficient (Wildman–Crippen LogP) is 0.904. The number of ether oxygens (including phenoxy) is 1. The number of carbonyl (C=O) groups is 1. The SMILES string of the molecule is CC(C)N(CC(F)(F)F)C(=O)C1(N)CCOC1. The molecule has 1 heterocycles. The summed E-state index contributed by atoms with van der Waals surface area (Å²) < 4.78 is 42.1. The van der Waals surface area contributed by atoms with Gasteiger partial charge in [-0.05, 0) is 20.3 Å². The fraction of sp³-hybridized carbons (Fsp3) is 0.900. The van der Waals surface area contributed by atoms with Crippen LogP contribution < -0.4 is 5.73 Å². The Hall–Kier alpha value is -0.820. The molecule has 1 unspecified atom stereocenters. The van der Waals surface area contributed by atoms with Crippen LogP contribution in [0.5, 0.6) is 0 Å². The Balaban J connectivity index is 2.80. The molecule has 17 heavy (non-hydrogen) atoms.